The molecule has 7 heteroatoms. The fourth-order valence-corrected chi connectivity index (χ4v) is 3.17. The van der Waals surface area contributed by atoms with Gasteiger partial charge in [-0.15, -0.1) is 5.10 Å². The number of likely N-dealkylation sites (tertiary alicyclic amines) is 1. The Morgan fingerprint density at radius 3 is 2.74 bits per heavy atom. The quantitative estimate of drug-likeness (QED) is 0.903. The van der Waals surface area contributed by atoms with Gasteiger partial charge in [0.05, 0.1) is 0 Å². The fraction of sp³-hybridized carbons (Fsp3) is 0.562. The standard InChI is InChI=1S/C16H21N5O2/c1-10-2-5-13(23-10)14-17-16(20-19-14)18-15(22)11-6-8-21(9-7-11)12-3-4-12/h2,5,11-12H,3-4,6-9H2,1H3,(H2,17,18,19,20,22). The van der Waals surface area contributed by atoms with Crippen LogP contribution in [0.15, 0.2) is 16.5 Å². The molecule has 122 valence electrons. The second-order valence-corrected chi connectivity index (χ2v) is 6.45. The molecular weight excluding hydrogens is 294 g/mol. The van der Waals surface area contributed by atoms with E-state index in [9.17, 15) is 4.79 Å². The number of carbonyl (C=O) groups is 1. The first kappa shape index (κ1) is 14.4. The molecule has 2 fully saturated rings. The van der Waals surface area contributed by atoms with Crippen LogP contribution in [0.25, 0.3) is 11.6 Å². The first-order chi connectivity index (χ1) is 11.2. The van der Waals surface area contributed by atoms with Gasteiger partial charge >= 0.3 is 0 Å². The van der Waals surface area contributed by atoms with E-state index in [0.29, 0.717) is 17.5 Å². The Kier molecular flexibility index (Phi) is 3.65. The molecule has 23 heavy (non-hydrogen) atoms. The zero-order valence-corrected chi connectivity index (χ0v) is 13.2. The lowest BCUT2D eigenvalue weighted by Crippen LogP contribution is -2.39. The van der Waals surface area contributed by atoms with Crippen molar-refractivity contribution in [2.45, 2.75) is 38.6 Å². The number of anilines is 1. The van der Waals surface area contributed by atoms with Crippen LogP contribution in [-0.4, -0.2) is 45.1 Å². The van der Waals surface area contributed by atoms with E-state index in [4.69, 9.17) is 4.42 Å². The molecule has 3 heterocycles. The molecule has 4 rings (SSSR count). The van der Waals surface area contributed by atoms with Crippen molar-refractivity contribution in [3.63, 3.8) is 0 Å². The minimum atomic E-state index is 0.0154. The molecule has 1 saturated carbocycles. The number of carbonyl (C=O) groups excluding carboxylic acids is 1. The average molecular weight is 315 g/mol. The molecule has 2 aromatic rings. The van der Waals surface area contributed by atoms with Gasteiger partial charge in [-0.2, -0.15) is 4.98 Å². The highest BCUT2D eigenvalue weighted by Crippen LogP contribution is 2.31. The van der Waals surface area contributed by atoms with Crippen LogP contribution in [0.4, 0.5) is 5.95 Å². The van der Waals surface area contributed by atoms with Crippen molar-refractivity contribution in [2.75, 3.05) is 18.4 Å². The van der Waals surface area contributed by atoms with Crippen molar-refractivity contribution in [1.82, 2.24) is 20.1 Å². The summed E-state index contributed by atoms with van der Waals surface area (Å²) >= 11 is 0. The number of aryl methyl sites for hydroxylation is 1. The summed E-state index contributed by atoms with van der Waals surface area (Å²) in [6.45, 7) is 3.91. The SMILES string of the molecule is Cc1ccc(-c2nc(NC(=O)C3CCN(C4CC4)CC3)n[nH]2)o1. The van der Waals surface area contributed by atoms with Crippen molar-refractivity contribution in [2.24, 2.45) is 5.92 Å². The number of nitrogens with one attached hydrogen (secondary N) is 2. The lowest BCUT2D eigenvalue weighted by atomic mass is 9.96. The molecule has 1 saturated heterocycles. The summed E-state index contributed by atoms with van der Waals surface area (Å²) in [5.41, 5.74) is 0. The van der Waals surface area contributed by atoms with E-state index in [2.05, 4.69) is 25.4 Å². The Morgan fingerprint density at radius 2 is 2.09 bits per heavy atom. The van der Waals surface area contributed by atoms with Gasteiger partial charge in [-0.3, -0.25) is 15.2 Å². The van der Waals surface area contributed by atoms with Crippen LogP contribution >= 0.6 is 0 Å². The van der Waals surface area contributed by atoms with Gasteiger partial charge in [0.25, 0.3) is 0 Å². The number of H-pyrrole nitrogens is 1. The third-order valence-electron chi connectivity index (χ3n) is 4.66. The molecule has 2 aromatic heterocycles. The first-order valence-corrected chi connectivity index (χ1v) is 8.23. The zero-order chi connectivity index (χ0) is 15.8. The van der Waals surface area contributed by atoms with Crippen LogP contribution in [0.5, 0.6) is 0 Å². The van der Waals surface area contributed by atoms with Crippen LogP contribution < -0.4 is 5.32 Å². The third-order valence-corrected chi connectivity index (χ3v) is 4.66. The highest BCUT2D eigenvalue weighted by molar-refractivity contribution is 5.91. The number of aromatic nitrogens is 3. The van der Waals surface area contributed by atoms with Crippen LogP contribution in [0, 0.1) is 12.8 Å². The maximum absolute atomic E-state index is 12.4. The largest absolute Gasteiger partial charge is 0.458 e. The minimum absolute atomic E-state index is 0.0154. The highest BCUT2D eigenvalue weighted by atomic mass is 16.3. The molecule has 0 bridgehead atoms. The summed E-state index contributed by atoms with van der Waals surface area (Å²) in [6.07, 6.45) is 4.47. The Morgan fingerprint density at radius 1 is 1.30 bits per heavy atom. The monoisotopic (exact) mass is 315 g/mol. The number of hydrogen-bond donors (Lipinski definition) is 2. The predicted octanol–water partition coefficient (Wildman–Crippen LogP) is 2.19. The molecule has 2 aliphatic rings. The topological polar surface area (TPSA) is 87.0 Å². The number of amides is 1. The second-order valence-electron chi connectivity index (χ2n) is 6.45. The zero-order valence-electron chi connectivity index (χ0n) is 13.2. The third kappa shape index (κ3) is 3.14. The number of aromatic amines is 1. The van der Waals surface area contributed by atoms with Crippen molar-refractivity contribution in [3.05, 3.63) is 17.9 Å². The van der Waals surface area contributed by atoms with E-state index in [1.165, 1.54) is 12.8 Å². The summed E-state index contributed by atoms with van der Waals surface area (Å²) in [5.74, 6) is 2.33. The lowest BCUT2D eigenvalue weighted by molar-refractivity contribution is -0.121. The van der Waals surface area contributed by atoms with Gasteiger partial charge in [-0.25, -0.2) is 0 Å². The number of piperidine rings is 1. The first-order valence-electron chi connectivity index (χ1n) is 8.23. The molecule has 0 spiro atoms. The fourth-order valence-electron chi connectivity index (χ4n) is 3.17. The number of nitrogens with zero attached hydrogens (tertiary/aromatic N) is 3. The second kappa shape index (κ2) is 5.81. The molecule has 1 aliphatic carbocycles. The molecule has 0 atom stereocenters. The van der Waals surface area contributed by atoms with E-state index >= 15 is 0 Å². The molecule has 2 N–H and O–H groups in total. The smallest absolute Gasteiger partial charge is 0.249 e. The van der Waals surface area contributed by atoms with Crippen molar-refractivity contribution in [3.8, 4) is 11.6 Å². The molecule has 0 radical (unpaired) electrons. The number of rotatable bonds is 4. The van der Waals surface area contributed by atoms with Gasteiger partial charge in [0.1, 0.15) is 5.76 Å². The maximum Gasteiger partial charge on any atom is 0.249 e. The van der Waals surface area contributed by atoms with Gasteiger partial charge in [-0.1, -0.05) is 0 Å². The van der Waals surface area contributed by atoms with Crippen molar-refractivity contribution < 1.29 is 9.21 Å². The summed E-state index contributed by atoms with van der Waals surface area (Å²) in [7, 11) is 0. The van der Waals surface area contributed by atoms with E-state index in [1.54, 1.807) is 0 Å². The average Bonchev–Trinajstić information content (AvgIpc) is 3.16. The number of hydrogen-bond acceptors (Lipinski definition) is 5. The molecule has 1 aliphatic heterocycles. The highest BCUT2D eigenvalue weighted by Gasteiger charge is 2.33. The van der Waals surface area contributed by atoms with Gasteiger partial charge in [-0.05, 0) is 57.8 Å². The Balaban J connectivity index is 1.34. The van der Waals surface area contributed by atoms with Gasteiger partial charge < -0.3 is 9.32 Å². The van der Waals surface area contributed by atoms with E-state index in [-0.39, 0.29) is 11.8 Å². The number of furan rings is 1. The minimum Gasteiger partial charge on any atom is -0.458 e. The summed E-state index contributed by atoms with van der Waals surface area (Å²) in [6, 6.07) is 4.48. The summed E-state index contributed by atoms with van der Waals surface area (Å²) in [4.78, 5) is 19.1. The van der Waals surface area contributed by atoms with Crippen LogP contribution in [0.1, 0.15) is 31.4 Å². The molecule has 1 amide bonds. The Labute approximate surface area is 134 Å². The maximum atomic E-state index is 12.4. The van der Waals surface area contributed by atoms with E-state index in [0.717, 1.165) is 37.7 Å². The van der Waals surface area contributed by atoms with Gasteiger partial charge in [0, 0.05) is 12.0 Å². The summed E-state index contributed by atoms with van der Waals surface area (Å²) in [5, 5.41) is 9.66. The van der Waals surface area contributed by atoms with Gasteiger partial charge in [0.2, 0.25) is 11.9 Å². The van der Waals surface area contributed by atoms with Crippen LogP contribution in [-0.2, 0) is 4.79 Å². The van der Waals surface area contributed by atoms with Gasteiger partial charge in [0.15, 0.2) is 11.6 Å². The molecular formula is C16H21N5O2. The Bertz CT molecular complexity index is 695. The van der Waals surface area contributed by atoms with Crippen LogP contribution in [0.3, 0.4) is 0 Å². The molecule has 7 nitrogen and oxygen atoms in total. The predicted molar refractivity (Wildman–Crippen MR) is 84.8 cm³/mol. The van der Waals surface area contributed by atoms with E-state index in [1.807, 2.05) is 19.1 Å². The van der Waals surface area contributed by atoms with Crippen molar-refractivity contribution >= 4 is 11.9 Å². The normalized spacial score (nSPS) is 19.9. The van der Waals surface area contributed by atoms with Crippen LogP contribution in [0.2, 0.25) is 0 Å². The molecule has 0 aromatic carbocycles. The molecule has 0 unspecified atom stereocenters. The van der Waals surface area contributed by atoms with Crippen molar-refractivity contribution in [1.29, 1.82) is 0 Å². The van der Waals surface area contributed by atoms with E-state index < -0.39 is 0 Å². The summed E-state index contributed by atoms with van der Waals surface area (Å²) < 4.78 is 5.49. The lowest BCUT2D eigenvalue weighted by Gasteiger charge is -2.30. The Hall–Kier alpha value is -2.15.